The van der Waals surface area contributed by atoms with Crippen LogP contribution in [0.2, 0.25) is 0 Å². The molecule has 0 aromatic heterocycles. The molecule has 1 aromatic rings. The van der Waals surface area contributed by atoms with E-state index in [1.54, 1.807) is 0 Å². The monoisotopic (exact) mass is 273 g/mol. The second-order valence-electron chi connectivity index (χ2n) is 6.97. The van der Waals surface area contributed by atoms with Crippen molar-refractivity contribution in [2.24, 2.45) is 5.92 Å². The average Bonchev–Trinajstić information content (AvgIpc) is 2.92. The molecule has 0 radical (unpaired) electrons. The first kappa shape index (κ1) is 14.1. The molecule has 1 aromatic carbocycles. The number of hydrogen-bond donors (Lipinski definition) is 1. The van der Waals surface area contributed by atoms with Gasteiger partial charge in [-0.15, -0.1) is 0 Å². The van der Waals surface area contributed by atoms with E-state index < -0.39 is 0 Å². The van der Waals surface area contributed by atoms with Crippen LogP contribution in [-0.4, -0.2) is 18.2 Å². The molecule has 2 nitrogen and oxygen atoms in total. The van der Waals surface area contributed by atoms with Gasteiger partial charge < -0.3 is 10.1 Å². The Hall–Kier alpha value is -0.860. The zero-order valence-electron chi connectivity index (χ0n) is 13.0. The van der Waals surface area contributed by atoms with Gasteiger partial charge in [0.1, 0.15) is 0 Å². The SMILES string of the molecule is CCNC1c2ccccc2CC1CC1CCC(C)(C)O1. The Morgan fingerprint density at radius 3 is 2.80 bits per heavy atom. The van der Waals surface area contributed by atoms with Gasteiger partial charge >= 0.3 is 0 Å². The fourth-order valence-electron chi connectivity index (χ4n) is 3.97. The van der Waals surface area contributed by atoms with Crippen molar-refractivity contribution >= 4 is 0 Å². The summed E-state index contributed by atoms with van der Waals surface area (Å²) >= 11 is 0. The van der Waals surface area contributed by atoms with Gasteiger partial charge in [0.15, 0.2) is 0 Å². The Kier molecular flexibility index (Phi) is 3.87. The van der Waals surface area contributed by atoms with Crippen molar-refractivity contribution in [3.63, 3.8) is 0 Å². The van der Waals surface area contributed by atoms with Crippen molar-refractivity contribution in [3.8, 4) is 0 Å². The van der Waals surface area contributed by atoms with Crippen molar-refractivity contribution in [2.75, 3.05) is 6.54 Å². The van der Waals surface area contributed by atoms with Crippen LogP contribution in [0.1, 0.15) is 57.2 Å². The van der Waals surface area contributed by atoms with E-state index in [2.05, 4.69) is 50.4 Å². The molecule has 3 rings (SSSR count). The van der Waals surface area contributed by atoms with Crippen molar-refractivity contribution in [1.82, 2.24) is 5.32 Å². The number of rotatable bonds is 4. The molecule has 0 amide bonds. The maximum Gasteiger partial charge on any atom is 0.0631 e. The quantitative estimate of drug-likeness (QED) is 0.899. The van der Waals surface area contributed by atoms with Crippen LogP contribution in [0.3, 0.4) is 0 Å². The average molecular weight is 273 g/mol. The summed E-state index contributed by atoms with van der Waals surface area (Å²) in [6.45, 7) is 7.68. The first-order chi connectivity index (χ1) is 9.59. The van der Waals surface area contributed by atoms with E-state index in [9.17, 15) is 0 Å². The standard InChI is InChI=1S/C18H27NO/c1-4-19-17-14(11-13-7-5-6-8-16(13)17)12-15-9-10-18(2,3)20-15/h5-8,14-15,17,19H,4,9-12H2,1-3H3. The molecule has 110 valence electrons. The molecule has 1 heterocycles. The second-order valence-corrected chi connectivity index (χ2v) is 6.97. The summed E-state index contributed by atoms with van der Waals surface area (Å²) in [5.41, 5.74) is 3.13. The molecule has 2 heteroatoms. The first-order valence-electron chi connectivity index (χ1n) is 8.08. The van der Waals surface area contributed by atoms with Gasteiger partial charge in [-0.25, -0.2) is 0 Å². The maximum absolute atomic E-state index is 6.21. The van der Waals surface area contributed by atoms with Gasteiger partial charge in [-0.2, -0.15) is 0 Å². The highest BCUT2D eigenvalue weighted by Gasteiger charge is 2.37. The molecule has 2 aliphatic rings. The van der Waals surface area contributed by atoms with Gasteiger partial charge in [-0.3, -0.25) is 0 Å². The third-order valence-electron chi connectivity index (χ3n) is 4.89. The van der Waals surface area contributed by atoms with E-state index in [1.165, 1.54) is 36.8 Å². The minimum absolute atomic E-state index is 0.0871. The maximum atomic E-state index is 6.21. The van der Waals surface area contributed by atoms with Crippen LogP contribution in [0.4, 0.5) is 0 Å². The molecular formula is C18H27NO. The molecular weight excluding hydrogens is 246 g/mol. The van der Waals surface area contributed by atoms with E-state index in [-0.39, 0.29) is 5.60 Å². The van der Waals surface area contributed by atoms with Gasteiger partial charge in [-0.05, 0) is 63.1 Å². The molecule has 3 atom stereocenters. The Bertz CT molecular complexity index is 468. The molecule has 0 spiro atoms. The lowest BCUT2D eigenvalue weighted by Gasteiger charge is -2.25. The van der Waals surface area contributed by atoms with E-state index >= 15 is 0 Å². The predicted octanol–water partition coefficient (Wildman–Crippen LogP) is 3.86. The lowest BCUT2D eigenvalue weighted by Crippen LogP contribution is -2.28. The fourth-order valence-corrected chi connectivity index (χ4v) is 3.97. The van der Waals surface area contributed by atoms with Crippen LogP contribution in [0.25, 0.3) is 0 Å². The van der Waals surface area contributed by atoms with Crippen molar-refractivity contribution in [2.45, 2.75) is 64.2 Å². The molecule has 1 N–H and O–H groups in total. The summed E-state index contributed by atoms with van der Waals surface area (Å²) in [4.78, 5) is 0. The topological polar surface area (TPSA) is 21.3 Å². The highest BCUT2D eigenvalue weighted by molar-refractivity contribution is 5.35. The summed E-state index contributed by atoms with van der Waals surface area (Å²) in [6, 6.07) is 9.44. The Morgan fingerprint density at radius 2 is 2.10 bits per heavy atom. The van der Waals surface area contributed by atoms with Crippen LogP contribution in [0.5, 0.6) is 0 Å². The van der Waals surface area contributed by atoms with Crippen LogP contribution < -0.4 is 5.32 Å². The van der Waals surface area contributed by atoms with Gasteiger partial charge in [0, 0.05) is 6.04 Å². The van der Waals surface area contributed by atoms with Crippen LogP contribution >= 0.6 is 0 Å². The van der Waals surface area contributed by atoms with E-state index in [0.29, 0.717) is 18.1 Å². The third-order valence-corrected chi connectivity index (χ3v) is 4.89. The number of ether oxygens (including phenoxy) is 1. The van der Waals surface area contributed by atoms with Crippen molar-refractivity contribution in [1.29, 1.82) is 0 Å². The zero-order chi connectivity index (χ0) is 14.2. The summed E-state index contributed by atoms with van der Waals surface area (Å²) < 4.78 is 6.21. The summed E-state index contributed by atoms with van der Waals surface area (Å²) in [7, 11) is 0. The largest absolute Gasteiger partial charge is 0.372 e. The second kappa shape index (κ2) is 5.50. The highest BCUT2D eigenvalue weighted by Crippen LogP contribution is 2.41. The predicted molar refractivity (Wildman–Crippen MR) is 82.9 cm³/mol. The molecule has 20 heavy (non-hydrogen) atoms. The molecule has 3 unspecified atom stereocenters. The van der Waals surface area contributed by atoms with Crippen LogP contribution in [-0.2, 0) is 11.2 Å². The van der Waals surface area contributed by atoms with Crippen LogP contribution in [0, 0.1) is 5.92 Å². The summed E-state index contributed by atoms with van der Waals surface area (Å²) in [5.74, 6) is 0.686. The molecule has 1 aliphatic heterocycles. The summed E-state index contributed by atoms with van der Waals surface area (Å²) in [5, 5.41) is 3.69. The minimum Gasteiger partial charge on any atom is -0.372 e. The van der Waals surface area contributed by atoms with Crippen LogP contribution in [0.15, 0.2) is 24.3 Å². The van der Waals surface area contributed by atoms with E-state index in [0.717, 1.165) is 6.54 Å². The molecule has 0 bridgehead atoms. The number of hydrogen-bond acceptors (Lipinski definition) is 2. The van der Waals surface area contributed by atoms with E-state index in [4.69, 9.17) is 4.74 Å². The molecule has 1 aliphatic carbocycles. The molecule has 1 fully saturated rings. The highest BCUT2D eigenvalue weighted by atomic mass is 16.5. The Labute approximate surface area is 122 Å². The zero-order valence-corrected chi connectivity index (χ0v) is 13.0. The first-order valence-corrected chi connectivity index (χ1v) is 8.08. The molecule has 0 saturated carbocycles. The lowest BCUT2D eigenvalue weighted by molar-refractivity contribution is -0.0259. The Balaban J connectivity index is 1.71. The third kappa shape index (κ3) is 2.77. The van der Waals surface area contributed by atoms with Crippen molar-refractivity contribution < 1.29 is 4.74 Å². The number of nitrogens with one attached hydrogen (secondary N) is 1. The number of benzene rings is 1. The normalized spacial score (nSPS) is 31.4. The minimum atomic E-state index is 0.0871. The van der Waals surface area contributed by atoms with Crippen molar-refractivity contribution in [3.05, 3.63) is 35.4 Å². The van der Waals surface area contributed by atoms with Gasteiger partial charge in [0.2, 0.25) is 0 Å². The summed E-state index contributed by atoms with van der Waals surface area (Å²) in [6.07, 6.45) is 5.26. The fraction of sp³-hybridized carbons (Fsp3) is 0.667. The van der Waals surface area contributed by atoms with Gasteiger partial charge in [0.25, 0.3) is 0 Å². The smallest absolute Gasteiger partial charge is 0.0631 e. The van der Waals surface area contributed by atoms with Gasteiger partial charge in [-0.1, -0.05) is 31.2 Å². The van der Waals surface area contributed by atoms with Gasteiger partial charge in [0.05, 0.1) is 11.7 Å². The molecule has 1 saturated heterocycles. The Morgan fingerprint density at radius 1 is 1.30 bits per heavy atom. The van der Waals surface area contributed by atoms with E-state index in [1.807, 2.05) is 0 Å². The number of fused-ring (bicyclic) bond motifs is 1. The lowest BCUT2D eigenvalue weighted by atomic mass is 9.92.